The lowest BCUT2D eigenvalue weighted by Crippen LogP contribution is -2.44. The Morgan fingerprint density at radius 3 is 2.48 bits per heavy atom. The zero-order valence-electron chi connectivity index (χ0n) is 12.7. The first-order valence-electron chi connectivity index (χ1n) is 7.80. The van der Waals surface area contributed by atoms with E-state index in [2.05, 4.69) is 35.0 Å². The van der Waals surface area contributed by atoms with E-state index in [4.69, 9.17) is 0 Å². The molecule has 0 atom stereocenters. The number of carbonyl (C=O) groups is 1. The zero-order chi connectivity index (χ0) is 14.9. The molecule has 0 radical (unpaired) electrons. The SMILES string of the molecule is CN1CCN(Cc2ccccc2C2(CC(=O)O)CC2)CC1. The molecule has 0 amide bonds. The molecule has 2 fully saturated rings. The molecule has 0 spiro atoms. The van der Waals surface area contributed by atoms with E-state index < -0.39 is 5.97 Å². The Bertz CT molecular complexity index is 517. The third-order valence-corrected chi connectivity index (χ3v) is 4.92. The van der Waals surface area contributed by atoms with Gasteiger partial charge < -0.3 is 10.0 Å². The number of nitrogens with zero attached hydrogens (tertiary/aromatic N) is 2. The van der Waals surface area contributed by atoms with Crippen molar-refractivity contribution in [2.45, 2.75) is 31.2 Å². The van der Waals surface area contributed by atoms with Crippen LogP contribution in [0.5, 0.6) is 0 Å². The van der Waals surface area contributed by atoms with Crippen LogP contribution in [-0.2, 0) is 16.8 Å². The molecule has 1 N–H and O–H groups in total. The van der Waals surface area contributed by atoms with Gasteiger partial charge in [-0.2, -0.15) is 0 Å². The summed E-state index contributed by atoms with van der Waals surface area (Å²) in [5.74, 6) is -0.679. The Morgan fingerprint density at radius 2 is 1.86 bits per heavy atom. The van der Waals surface area contributed by atoms with Crippen LogP contribution in [0.3, 0.4) is 0 Å². The predicted molar refractivity (Wildman–Crippen MR) is 82.4 cm³/mol. The number of likely N-dealkylation sites (N-methyl/N-ethyl adjacent to an activating group) is 1. The first-order valence-corrected chi connectivity index (χ1v) is 7.80. The highest BCUT2D eigenvalue weighted by molar-refractivity contribution is 5.70. The molecule has 114 valence electrons. The fourth-order valence-corrected chi connectivity index (χ4v) is 3.40. The smallest absolute Gasteiger partial charge is 0.304 e. The van der Waals surface area contributed by atoms with Crippen LogP contribution in [0.1, 0.15) is 30.4 Å². The van der Waals surface area contributed by atoms with Gasteiger partial charge in [-0.1, -0.05) is 24.3 Å². The van der Waals surface area contributed by atoms with Gasteiger partial charge >= 0.3 is 5.97 Å². The Morgan fingerprint density at radius 1 is 1.19 bits per heavy atom. The summed E-state index contributed by atoms with van der Waals surface area (Å²) in [7, 11) is 2.16. The van der Waals surface area contributed by atoms with E-state index in [1.54, 1.807) is 0 Å². The van der Waals surface area contributed by atoms with Crippen molar-refractivity contribution in [2.24, 2.45) is 0 Å². The molecule has 1 saturated carbocycles. The van der Waals surface area contributed by atoms with E-state index in [1.807, 2.05) is 6.07 Å². The summed E-state index contributed by atoms with van der Waals surface area (Å²) in [6.07, 6.45) is 2.30. The highest BCUT2D eigenvalue weighted by atomic mass is 16.4. The van der Waals surface area contributed by atoms with Crippen LogP contribution < -0.4 is 0 Å². The Kier molecular flexibility index (Phi) is 4.00. The summed E-state index contributed by atoms with van der Waals surface area (Å²) in [4.78, 5) is 16.0. The Hall–Kier alpha value is -1.39. The number of rotatable bonds is 5. The number of benzene rings is 1. The molecule has 0 unspecified atom stereocenters. The van der Waals surface area contributed by atoms with Crippen molar-refractivity contribution in [3.8, 4) is 0 Å². The number of hydrogen-bond acceptors (Lipinski definition) is 3. The van der Waals surface area contributed by atoms with Gasteiger partial charge in [0, 0.05) is 38.1 Å². The number of carboxylic acids is 1. The van der Waals surface area contributed by atoms with Crippen LogP contribution in [0.2, 0.25) is 0 Å². The maximum atomic E-state index is 11.1. The number of carboxylic acid groups (broad SMARTS) is 1. The summed E-state index contributed by atoms with van der Waals surface area (Å²) < 4.78 is 0. The summed E-state index contributed by atoms with van der Waals surface area (Å²) in [5, 5.41) is 9.18. The highest BCUT2D eigenvalue weighted by Crippen LogP contribution is 2.52. The van der Waals surface area contributed by atoms with E-state index in [0.29, 0.717) is 0 Å². The summed E-state index contributed by atoms with van der Waals surface area (Å²) >= 11 is 0. The monoisotopic (exact) mass is 288 g/mol. The van der Waals surface area contributed by atoms with Crippen LogP contribution in [-0.4, -0.2) is 54.1 Å². The third-order valence-electron chi connectivity index (χ3n) is 4.92. The zero-order valence-corrected chi connectivity index (χ0v) is 12.7. The maximum absolute atomic E-state index is 11.1. The van der Waals surface area contributed by atoms with Crippen molar-refractivity contribution in [1.82, 2.24) is 9.80 Å². The topological polar surface area (TPSA) is 43.8 Å². The minimum absolute atomic E-state index is 0.0883. The summed E-state index contributed by atoms with van der Waals surface area (Å²) in [5.41, 5.74) is 2.50. The molecule has 1 aliphatic carbocycles. The van der Waals surface area contributed by atoms with Gasteiger partial charge in [-0.15, -0.1) is 0 Å². The molecule has 1 aromatic rings. The van der Waals surface area contributed by atoms with Gasteiger partial charge in [0.15, 0.2) is 0 Å². The normalized spacial score (nSPS) is 22.1. The molecule has 4 nitrogen and oxygen atoms in total. The fourth-order valence-electron chi connectivity index (χ4n) is 3.40. The maximum Gasteiger partial charge on any atom is 0.304 e. The van der Waals surface area contributed by atoms with Crippen molar-refractivity contribution in [3.05, 3.63) is 35.4 Å². The third kappa shape index (κ3) is 3.27. The molecule has 0 aromatic heterocycles. The van der Waals surface area contributed by atoms with Gasteiger partial charge in [-0.05, 0) is 31.0 Å². The second-order valence-corrected chi connectivity index (χ2v) is 6.59. The molecular weight excluding hydrogens is 264 g/mol. The van der Waals surface area contributed by atoms with E-state index in [-0.39, 0.29) is 11.8 Å². The van der Waals surface area contributed by atoms with Crippen molar-refractivity contribution in [3.63, 3.8) is 0 Å². The van der Waals surface area contributed by atoms with Gasteiger partial charge in [-0.25, -0.2) is 0 Å². The molecule has 4 heteroatoms. The lowest BCUT2D eigenvalue weighted by atomic mass is 9.88. The van der Waals surface area contributed by atoms with Crippen molar-refractivity contribution >= 4 is 5.97 Å². The molecule has 3 rings (SSSR count). The second kappa shape index (κ2) is 5.78. The molecule has 2 aliphatic rings. The van der Waals surface area contributed by atoms with Crippen LogP contribution in [0.4, 0.5) is 0 Å². The number of piperazine rings is 1. The van der Waals surface area contributed by atoms with Gasteiger partial charge in [0.05, 0.1) is 6.42 Å². The molecule has 0 bridgehead atoms. The molecule has 1 heterocycles. The summed E-state index contributed by atoms with van der Waals surface area (Å²) in [6.45, 7) is 5.36. The van der Waals surface area contributed by atoms with Crippen molar-refractivity contribution in [1.29, 1.82) is 0 Å². The van der Waals surface area contributed by atoms with E-state index in [0.717, 1.165) is 45.6 Å². The highest BCUT2D eigenvalue weighted by Gasteiger charge is 2.47. The largest absolute Gasteiger partial charge is 0.481 e. The minimum atomic E-state index is -0.679. The molecule has 1 saturated heterocycles. The Balaban J connectivity index is 1.76. The van der Waals surface area contributed by atoms with E-state index in [9.17, 15) is 9.90 Å². The van der Waals surface area contributed by atoms with Gasteiger partial charge in [0.25, 0.3) is 0 Å². The number of hydrogen-bond donors (Lipinski definition) is 1. The van der Waals surface area contributed by atoms with Crippen molar-refractivity contribution in [2.75, 3.05) is 33.2 Å². The first kappa shape index (κ1) is 14.5. The van der Waals surface area contributed by atoms with Crippen LogP contribution in [0.15, 0.2) is 24.3 Å². The average molecular weight is 288 g/mol. The molecule has 1 aromatic carbocycles. The second-order valence-electron chi connectivity index (χ2n) is 6.59. The average Bonchev–Trinajstić information content (AvgIpc) is 3.22. The van der Waals surface area contributed by atoms with Crippen LogP contribution in [0, 0.1) is 0 Å². The standard InChI is InChI=1S/C17H24N2O2/c1-18-8-10-19(11-9-18)13-14-4-2-3-5-15(14)17(6-7-17)12-16(20)21/h2-5H,6-13H2,1H3,(H,20,21). The quantitative estimate of drug-likeness (QED) is 0.899. The van der Waals surface area contributed by atoms with Gasteiger partial charge in [0.1, 0.15) is 0 Å². The molecular formula is C17H24N2O2. The van der Waals surface area contributed by atoms with Gasteiger partial charge in [0.2, 0.25) is 0 Å². The van der Waals surface area contributed by atoms with Crippen molar-refractivity contribution < 1.29 is 9.90 Å². The fraction of sp³-hybridized carbons (Fsp3) is 0.588. The minimum Gasteiger partial charge on any atom is -0.481 e. The molecule has 1 aliphatic heterocycles. The van der Waals surface area contributed by atoms with E-state index >= 15 is 0 Å². The van der Waals surface area contributed by atoms with E-state index in [1.165, 1.54) is 11.1 Å². The predicted octanol–water partition coefficient (Wildman–Crippen LogP) is 1.94. The number of aliphatic carboxylic acids is 1. The first-order chi connectivity index (χ1) is 10.1. The van der Waals surface area contributed by atoms with Crippen LogP contribution >= 0.6 is 0 Å². The summed E-state index contributed by atoms with van der Waals surface area (Å²) in [6, 6.07) is 8.44. The molecule has 21 heavy (non-hydrogen) atoms. The van der Waals surface area contributed by atoms with Crippen LogP contribution in [0.25, 0.3) is 0 Å². The lowest BCUT2D eigenvalue weighted by molar-refractivity contribution is -0.137. The van der Waals surface area contributed by atoms with Gasteiger partial charge in [-0.3, -0.25) is 9.69 Å². The lowest BCUT2D eigenvalue weighted by Gasteiger charge is -2.33. The Labute approximate surface area is 126 Å².